The molecule has 4 nitrogen and oxygen atoms in total. The number of nitrogens with two attached hydrogens (primary N) is 1. The predicted octanol–water partition coefficient (Wildman–Crippen LogP) is 2.30. The van der Waals surface area contributed by atoms with Crippen LogP contribution in [-0.4, -0.2) is 38.0 Å². The molecule has 1 aliphatic heterocycles. The normalized spacial score (nSPS) is 17.4. The lowest BCUT2D eigenvalue weighted by atomic mass is 10.00. The third kappa shape index (κ3) is 3.89. The Balaban J connectivity index is 1.96. The summed E-state index contributed by atoms with van der Waals surface area (Å²) in [5.41, 5.74) is 8.50. The van der Waals surface area contributed by atoms with Crippen LogP contribution in [0.4, 0.5) is 5.69 Å². The van der Waals surface area contributed by atoms with Gasteiger partial charge in [0.25, 0.3) is 0 Å². The Kier molecular flexibility index (Phi) is 4.88. The van der Waals surface area contributed by atoms with E-state index in [1.54, 1.807) is 0 Å². The molecule has 0 radical (unpaired) electrons. The fraction of sp³-hybridized carbons (Fsp3) is 0.562. The van der Waals surface area contributed by atoms with E-state index < -0.39 is 0 Å². The second-order valence-electron chi connectivity index (χ2n) is 5.91. The quantitative estimate of drug-likeness (QED) is 0.679. The summed E-state index contributed by atoms with van der Waals surface area (Å²) in [5.74, 6) is 1.50. The number of anilines is 1. The largest absolute Gasteiger partial charge is 0.378 e. The number of rotatable bonds is 3. The van der Waals surface area contributed by atoms with E-state index in [0.29, 0.717) is 12.5 Å². The fourth-order valence-corrected chi connectivity index (χ4v) is 2.44. The highest BCUT2D eigenvalue weighted by Gasteiger charge is 2.16. The number of likely N-dealkylation sites (tertiary alicyclic amines) is 1. The Morgan fingerprint density at radius 2 is 2.05 bits per heavy atom. The van der Waals surface area contributed by atoms with E-state index in [1.165, 1.54) is 24.1 Å². The maximum atomic E-state index is 6.11. The Hall–Kier alpha value is -1.71. The summed E-state index contributed by atoms with van der Waals surface area (Å²) in [4.78, 5) is 8.85. The lowest BCUT2D eigenvalue weighted by molar-refractivity contribution is 0.277. The number of nitrogens with zero attached hydrogens (tertiary/aromatic N) is 3. The molecule has 0 unspecified atom stereocenters. The van der Waals surface area contributed by atoms with Crippen molar-refractivity contribution < 1.29 is 0 Å². The van der Waals surface area contributed by atoms with E-state index in [2.05, 4.69) is 46.0 Å². The smallest absolute Gasteiger partial charge is 0.191 e. The highest BCUT2D eigenvalue weighted by atomic mass is 15.3. The lowest BCUT2D eigenvalue weighted by Crippen LogP contribution is -2.42. The molecule has 1 aliphatic rings. The number of piperidine rings is 1. The molecule has 4 heteroatoms. The Labute approximate surface area is 122 Å². The monoisotopic (exact) mass is 274 g/mol. The molecule has 0 bridgehead atoms. The molecule has 0 aliphatic carbocycles. The molecule has 2 N–H and O–H groups in total. The van der Waals surface area contributed by atoms with Crippen molar-refractivity contribution >= 4 is 11.6 Å². The Morgan fingerprint density at radius 3 is 2.70 bits per heavy atom. The van der Waals surface area contributed by atoms with Crippen LogP contribution in [0.25, 0.3) is 0 Å². The van der Waals surface area contributed by atoms with E-state index in [1.807, 2.05) is 14.1 Å². The molecule has 0 atom stereocenters. The molecule has 1 aromatic rings. The Morgan fingerprint density at radius 1 is 1.35 bits per heavy atom. The predicted molar refractivity (Wildman–Crippen MR) is 86.1 cm³/mol. The topological polar surface area (TPSA) is 44.9 Å². The summed E-state index contributed by atoms with van der Waals surface area (Å²) in [6.07, 6.45) is 2.43. The van der Waals surface area contributed by atoms with Crippen molar-refractivity contribution in [3.63, 3.8) is 0 Å². The molecule has 0 spiro atoms. The van der Waals surface area contributed by atoms with E-state index in [9.17, 15) is 0 Å². The first-order valence-electron chi connectivity index (χ1n) is 7.37. The van der Waals surface area contributed by atoms with Crippen LogP contribution in [0.1, 0.15) is 25.3 Å². The number of aliphatic imine (C=N–C) groups is 1. The van der Waals surface area contributed by atoms with E-state index in [-0.39, 0.29) is 0 Å². The van der Waals surface area contributed by atoms with Crippen molar-refractivity contribution in [3.05, 3.63) is 29.8 Å². The zero-order valence-electron chi connectivity index (χ0n) is 12.8. The summed E-state index contributed by atoms with van der Waals surface area (Å²) in [6.45, 7) is 5.03. The molecule has 1 aromatic carbocycles. The number of hydrogen-bond acceptors (Lipinski definition) is 2. The van der Waals surface area contributed by atoms with Crippen molar-refractivity contribution in [2.24, 2.45) is 16.6 Å². The molecule has 2 rings (SSSR count). The minimum atomic E-state index is 0.652. The van der Waals surface area contributed by atoms with Crippen LogP contribution in [-0.2, 0) is 6.54 Å². The van der Waals surface area contributed by atoms with Crippen molar-refractivity contribution in [3.8, 4) is 0 Å². The minimum absolute atomic E-state index is 0.652. The van der Waals surface area contributed by atoms with Gasteiger partial charge in [-0.05, 0) is 36.5 Å². The zero-order valence-corrected chi connectivity index (χ0v) is 12.8. The summed E-state index contributed by atoms with van der Waals surface area (Å²) in [5, 5.41) is 0. The maximum Gasteiger partial charge on any atom is 0.191 e. The van der Waals surface area contributed by atoms with Gasteiger partial charge in [0.05, 0.1) is 6.54 Å². The van der Waals surface area contributed by atoms with Gasteiger partial charge in [-0.3, -0.25) is 0 Å². The molecular weight excluding hydrogens is 248 g/mol. The summed E-state index contributed by atoms with van der Waals surface area (Å²) < 4.78 is 0. The molecular formula is C16H26N4. The van der Waals surface area contributed by atoms with Crippen molar-refractivity contribution in [2.75, 3.05) is 32.1 Å². The van der Waals surface area contributed by atoms with Crippen LogP contribution < -0.4 is 10.6 Å². The van der Waals surface area contributed by atoms with Gasteiger partial charge in [-0.25, -0.2) is 4.99 Å². The van der Waals surface area contributed by atoms with Crippen LogP contribution in [0.3, 0.4) is 0 Å². The second kappa shape index (κ2) is 6.64. The first kappa shape index (κ1) is 14.7. The van der Waals surface area contributed by atoms with E-state index >= 15 is 0 Å². The number of guanidine groups is 1. The van der Waals surface area contributed by atoms with Crippen LogP contribution in [0.15, 0.2) is 29.3 Å². The van der Waals surface area contributed by atoms with Crippen LogP contribution in [0.2, 0.25) is 0 Å². The Bertz CT molecular complexity index is 459. The molecule has 1 heterocycles. The second-order valence-corrected chi connectivity index (χ2v) is 5.91. The molecule has 0 amide bonds. The highest BCUT2D eigenvalue weighted by Crippen LogP contribution is 2.16. The van der Waals surface area contributed by atoms with Gasteiger partial charge in [-0.1, -0.05) is 19.1 Å². The fourth-order valence-electron chi connectivity index (χ4n) is 2.44. The standard InChI is InChI=1S/C16H26N4/c1-13-7-9-20(10-8-13)16(17)18-12-14-5-4-6-15(11-14)19(2)3/h4-6,11,13H,7-10,12H2,1-3H3,(H2,17,18). The van der Waals surface area contributed by atoms with Crippen molar-refractivity contribution in [1.82, 2.24) is 4.90 Å². The van der Waals surface area contributed by atoms with Crippen LogP contribution >= 0.6 is 0 Å². The highest BCUT2D eigenvalue weighted by molar-refractivity contribution is 5.78. The first-order valence-corrected chi connectivity index (χ1v) is 7.37. The minimum Gasteiger partial charge on any atom is -0.378 e. The van der Waals surface area contributed by atoms with E-state index in [4.69, 9.17) is 5.73 Å². The van der Waals surface area contributed by atoms with E-state index in [0.717, 1.165) is 19.0 Å². The third-order valence-corrected chi connectivity index (χ3v) is 3.96. The maximum absolute atomic E-state index is 6.11. The molecule has 110 valence electrons. The SMILES string of the molecule is CC1CCN(C(N)=NCc2cccc(N(C)C)c2)CC1. The zero-order chi connectivity index (χ0) is 14.5. The third-order valence-electron chi connectivity index (χ3n) is 3.96. The van der Waals surface area contributed by atoms with Gasteiger partial charge < -0.3 is 15.5 Å². The van der Waals surface area contributed by atoms with Crippen LogP contribution in [0, 0.1) is 5.92 Å². The number of benzene rings is 1. The van der Waals surface area contributed by atoms with Gasteiger partial charge in [0.15, 0.2) is 5.96 Å². The van der Waals surface area contributed by atoms with Crippen LogP contribution in [0.5, 0.6) is 0 Å². The van der Waals surface area contributed by atoms with Gasteiger partial charge in [0, 0.05) is 32.9 Å². The summed E-state index contributed by atoms with van der Waals surface area (Å²) in [7, 11) is 4.09. The van der Waals surface area contributed by atoms with Gasteiger partial charge in [-0.2, -0.15) is 0 Å². The van der Waals surface area contributed by atoms with Crippen molar-refractivity contribution in [1.29, 1.82) is 0 Å². The lowest BCUT2D eigenvalue weighted by Gasteiger charge is -2.31. The summed E-state index contributed by atoms with van der Waals surface area (Å²) >= 11 is 0. The molecule has 1 fully saturated rings. The van der Waals surface area contributed by atoms with Gasteiger partial charge in [-0.15, -0.1) is 0 Å². The van der Waals surface area contributed by atoms with Gasteiger partial charge in [0.2, 0.25) is 0 Å². The number of hydrogen-bond donors (Lipinski definition) is 1. The van der Waals surface area contributed by atoms with Gasteiger partial charge in [0.1, 0.15) is 0 Å². The average molecular weight is 274 g/mol. The molecule has 20 heavy (non-hydrogen) atoms. The summed E-state index contributed by atoms with van der Waals surface area (Å²) in [6, 6.07) is 8.43. The molecule has 0 aromatic heterocycles. The average Bonchev–Trinajstić information content (AvgIpc) is 2.46. The molecule has 0 saturated carbocycles. The molecule has 1 saturated heterocycles. The van der Waals surface area contributed by atoms with Crippen molar-refractivity contribution in [2.45, 2.75) is 26.3 Å². The first-order chi connectivity index (χ1) is 9.56. The van der Waals surface area contributed by atoms with Gasteiger partial charge >= 0.3 is 0 Å².